The summed E-state index contributed by atoms with van der Waals surface area (Å²) in [5, 5.41) is 3.08. The summed E-state index contributed by atoms with van der Waals surface area (Å²) in [4.78, 5) is 26.2. The zero-order chi connectivity index (χ0) is 16.9. The number of allylic oxidation sites excluding steroid dienone is 2. The highest BCUT2D eigenvalue weighted by atomic mass is 16.2. The van der Waals surface area contributed by atoms with Crippen molar-refractivity contribution in [3.63, 3.8) is 0 Å². The molecule has 2 aliphatic rings. The molecule has 2 amide bonds. The molecular formula is C19H25N3O2. The lowest BCUT2D eigenvalue weighted by molar-refractivity contribution is -0.122. The number of primary amides is 1. The summed E-state index contributed by atoms with van der Waals surface area (Å²) in [6.45, 7) is 1.50. The third kappa shape index (κ3) is 3.85. The van der Waals surface area contributed by atoms with E-state index in [-0.39, 0.29) is 23.8 Å². The molecule has 2 unspecified atom stereocenters. The maximum Gasteiger partial charge on any atom is 0.234 e. The molecule has 2 atom stereocenters. The molecule has 0 bridgehead atoms. The average molecular weight is 327 g/mol. The Kier molecular flexibility index (Phi) is 5.30. The quantitative estimate of drug-likeness (QED) is 0.816. The Hall–Kier alpha value is -2.14. The van der Waals surface area contributed by atoms with Crippen molar-refractivity contribution >= 4 is 17.5 Å². The van der Waals surface area contributed by atoms with Crippen molar-refractivity contribution in [3.8, 4) is 0 Å². The largest absolute Gasteiger partial charge is 0.368 e. The first-order chi connectivity index (χ1) is 11.6. The fourth-order valence-electron chi connectivity index (χ4n) is 3.60. The smallest absolute Gasteiger partial charge is 0.234 e. The fraction of sp³-hybridized carbons (Fsp3) is 0.474. The minimum absolute atomic E-state index is 0.0493. The minimum Gasteiger partial charge on any atom is -0.368 e. The summed E-state index contributed by atoms with van der Waals surface area (Å²) in [5.74, 6) is -0.129. The first kappa shape index (κ1) is 16.7. The topological polar surface area (TPSA) is 75.4 Å². The lowest BCUT2D eigenvalue weighted by atomic mass is 9.93. The average Bonchev–Trinajstić information content (AvgIpc) is 3.06. The number of amides is 2. The SMILES string of the molecule is NC(=O)C1CCCN1Cc1ccccc1NC(=O)C1CC=CCC1. The van der Waals surface area contributed by atoms with E-state index in [2.05, 4.69) is 22.4 Å². The number of likely N-dealkylation sites (tertiary alicyclic amines) is 1. The highest BCUT2D eigenvalue weighted by molar-refractivity contribution is 5.93. The minimum atomic E-state index is -0.261. The molecule has 5 heteroatoms. The van der Waals surface area contributed by atoms with Crippen LogP contribution in [0.25, 0.3) is 0 Å². The van der Waals surface area contributed by atoms with E-state index in [1.807, 2.05) is 24.3 Å². The van der Waals surface area contributed by atoms with Crippen LogP contribution in [-0.2, 0) is 16.1 Å². The van der Waals surface area contributed by atoms with Gasteiger partial charge in [-0.15, -0.1) is 0 Å². The highest BCUT2D eigenvalue weighted by Gasteiger charge is 2.29. The van der Waals surface area contributed by atoms with Crippen LogP contribution in [0.1, 0.15) is 37.7 Å². The van der Waals surface area contributed by atoms with Gasteiger partial charge in [0.15, 0.2) is 0 Å². The maximum atomic E-state index is 12.5. The second kappa shape index (κ2) is 7.62. The standard InChI is InChI=1S/C19H25N3O2/c20-18(23)17-11-6-12-22(17)13-15-9-4-5-10-16(15)21-19(24)14-7-2-1-3-8-14/h1-2,4-5,9-10,14,17H,3,6-8,11-13H2,(H2,20,23)(H,21,24). The highest BCUT2D eigenvalue weighted by Crippen LogP contribution is 2.25. The molecule has 1 heterocycles. The number of hydrogen-bond acceptors (Lipinski definition) is 3. The van der Waals surface area contributed by atoms with E-state index >= 15 is 0 Å². The van der Waals surface area contributed by atoms with Gasteiger partial charge in [-0.25, -0.2) is 0 Å². The Morgan fingerprint density at radius 3 is 2.79 bits per heavy atom. The van der Waals surface area contributed by atoms with Crippen LogP contribution in [0.4, 0.5) is 5.69 Å². The molecule has 0 radical (unpaired) electrons. The Labute approximate surface area is 142 Å². The zero-order valence-electron chi connectivity index (χ0n) is 13.9. The van der Waals surface area contributed by atoms with E-state index in [1.54, 1.807) is 0 Å². The lowest BCUT2D eigenvalue weighted by Gasteiger charge is -2.24. The first-order valence-corrected chi connectivity index (χ1v) is 8.72. The number of benzene rings is 1. The molecule has 1 saturated heterocycles. The fourth-order valence-corrected chi connectivity index (χ4v) is 3.60. The van der Waals surface area contributed by atoms with Crippen molar-refractivity contribution in [2.75, 3.05) is 11.9 Å². The van der Waals surface area contributed by atoms with E-state index in [0.717, 1.165) is 49.9 Å². The van der Waals surface area contributed by atoms with E-state index in [4.69, 9.17) is 5.73 Å². The van der Waals surface area contributed by atoms with Crippen LogP contribution in [0.5, 0.6) is 0 Å². The number of nitrogens with one attached hydrogen (secondary N) is 1. The summed E-state index contributed by atoms with van der Waals surface area (Å²) in [5.41, 5.74) is 7.37. The van der Waals surface area contributed by atoms with Crippen LogP contribution >= 0.6 is 0 Å². The summed E-state index contributed by atoms with van der Waals surface area (Å²) < 4.78 is 0. The van der Waals surface area contributed by atoms with Gasteiger partial charge in [-0.2, -0.15) is 0 Å². The molecule has 3 rings (SSSR count). The van der Waals surface area contributed by atoms with Crippen LogP contribution in [0, 0.1) is 5.92 Å². The molecule has 3 N–H and O–H groups in total. The number of nitrogens with zero attached hydrogens (tertiary/aromatic N) is 1. The third-order valence-corrected chi connectivity index (χ3v) is 4.98. The van der Waals surface area contributed by atoms with Crippen LogP contribution in [-0.4, -0.2) is 29.3 Å². The molecule has 1 aliphatic heterocycles. The molecule has 1 aromatic rings. The molecule has 0 saturated carbocycles. The molecule has 24 heavy (non-hydrogen) atoms. The Morgan fingerprint density at radius 2 is 2.04 bits per heavy atom. The number of carbonyl (C=O) groups excluding carboxylic acids is 2. The van der Waals surface area contributed by atoms with Gasteiger partial charge in [-0.3, -0.25) is 14.5 Å². The van der Waals surface area contributed by atoms with Gasteiger partial charge >= 0.3 is 0 Å². The molecule has 1 aromatic carbocycles. The van der Waals surface area contributed by atoms with Crippen molar-refractivity contribution in [2.45, 2.75) is 44.7 Å². The number of hydrogen-bond donors (Lipinski definition) is 2. The number of anilines is 1. The summed E-state index contributed by atoms with van der Waals surface area (Å²) in [6, 6.07) is 7.63. The van der Waals surface area contributed by atoms with Gasteiger partial charge in [0, 0.05) is 18.2 Å². The van der Waals surface area contributed by atoms with E-state index < -0.39 is 0 Å². The van der Waals surface area contributed by atoms with Crippen LogP contribution in [0.15, 0.2) is 36.4 Å². The first-order valence-electron chi connectivity index (χ1n) is 8.72. The summed E-state index contributed by atoms with van der Waals surface area (Å²) in [6.07, 6.45) is 8.70. The van der Waals surface area contributed by atoms with Crippen LogP contribution in [0.3, 0.4) is 0 Å². The zero-order valence-corrected chi connectivity index (χ0v) is 13.9. The normalized spacial score (nSPS) is 24.0. The van der Waals surface area contributed by atoms with Crippen molar-refractivity contribution < 1.29 is 9.59 Å². The monoisotopic (exact) mass is 327 g/mol. The molecule has 0 aromatic heterocycles. The van der Waals surface area contributed by atoms with E-state index in [1.165, 1.54) is 0 Å². The third-order valence-electron chi connectivity index (χ3n) is 4.98. The van der Waals surface area contributed by atoms with Gasteiger partial charge in [0.25, 0.3) is 0 Å². The van der Waals surface area contributed by atoms with Gasteiger partial charge in [0.2, 0.25) is 11.8 Å². The summed E-state index contributed by atoms with van der Waals surface area (Å²) >= 11 is 0. The molecule has 1 aliphatic carbocycles. The van der Waals surface area contributed by atoms with Crippen molar-refractivity contribution in [2.24, 2.45) is 11.7 Å². The maximum absolute atomic E-state index is 12.5. The van der Waals surface area contributed by atoms with Gasteiger partial charge in [-0.05, 0) is 50.3 Å². The number of nitrogens with two attached hydrogens (primary N) is 1. The Bertz CT molecular complexity index is 641. The molecular weight excluding hydrogens is 302 g/mol. The van der Waals surface area contributed by atoms with Crippen molar-refractivity contribution in [1.29, 1.82) is 0 Å². The predicted molar refractivity (Wildman–Crippen MR) is 94.2 cm³/mol. The van der Waals surface area contributed by atoms with Crippen LogP contribution < -0.4 is 11.1 Å². The van der Waals surface area contributed by atoms with Gasteiger partial charge in [0.1, 0.15) is 0 Å². The van der Waals surface area contributed by atoms with E-state index in [0.29, 0.717) is 6.54 Å². The number of rotatable bonds is 5. The summed E-state index contributed by atoms with van der Waals surface area (Å²) in [7, 11) is 0. The van der Waals surface area contributed by atoms with Gasteiger partial charge < -0.3 is 11.1 Å². The number of para-hydroxylation sites is 1. The van der Waals surface area contributed by atoms with Gasteiger partial charge in [-0.1, -0.05) is 30.4 Å². The number of carbonyl (C=O) groups is 2. The molecule has 5 nitrogen and oxygen atoms in total. The molecule has 128 valence electrons. The predicted octanol–water partition coefficient (Wildman–Crippen LogP) is 2.43. The van der Waals surface area contributed by atoms with E-state index in [9.17, 15) is 9.59 Å². The van der Waals surface area contributed by atoms with Gasteiger partial charge in [0.05, 0.1) is 6.04 Å². The molecule has 1 fully saturated rings. The molecule has 0 spiro atoms. The second-order valence-electron chi connectivity index (χ2n) is 6.66. The second-order valence-corrected chi connectivity index (χ2v) is 6.66. The van der Waals surface area contributed by atoms with Crippen LogP contribution in [0.2, 0.25) is 0 Å². The van der Waals surface area contributed by atoms with Crippen molar-refractivity contribution in [3.05, 3.63) is 42.0 Å². The van der Waals surface area contributed by atoms with Crippen molar-refractivity contribution in [1.82, 2.24) is 4.90 Å². The Balaban J connectivity index is 1.70. The lowest BCUT2D eigenvalue weighted by Crippen LogP contribution is -2.39. The Morgan fingerprint density at radius 1 is 1.21 bits per heavy atom.